The van der Waals surface area contributed by atoms with Gasteiger partial charge in [0, 0.05) is 19.6 Å². The van der Waals surface area contributed by atoms with Crippen molar-refractivity contribution >= 4 is 5.91 Å². The number of piperidine rings is 1. The van der Waals surface area contributed by atoms with Crippen LogP contribution in [-0.2, 0) is 11.2 Å². The molecule has 2 atom stereocenters. The maximum atomic E-state index is 13.3. The topological polar surface area (TPSA) is 23.6 Å². The van der Waals surface area contributed by atoms with Crippen LogP contribution in [0.4, 0.5) is 0 Å². The van der Waals surface area contributed by atoms with E-state index in [0.29, 0.717) is 17.7 Å². The molecular formula is C25H32N2O. The number of nitrogens with zero attached hydrogens (tertiary/aromatic N) is 2. The molecule has 2 aliphatic heterocycles. The average molecular weight is 377 g/mol. The van der Waals surface area contributed by atoms with Gasteiger partial charge in [0.2, 0.25) is 5.91 Å². The molecule has 0 aliphatic carbocycles. The van der Waals surface area contributed by atoms with Crippen molar-refractivity contribution in [2.24, 2.45) is 5.92 Å². The second kappa shape index (κ2) is 8.91. The number of carbonyl (C=O) groups is 1. The summed E-state index contributed by atoms with van der Waals surface area (Å²) in [7, 11) is 0. The first-order chi connectivity index (χ1) is 13.7. The van der Waals surface area contributed by atoms with Gasteiger partial charge in [0.1, 0.15) is 0 Å². The van der Waals surface area contributed by atoms with Crippen LogP contribution in [-0.4, -0.2) is 47.9 Å². The molecule has 2 heterocycles. The van der Waals surface area contributed by atoms with E-state index in [1.165, 1.54) is 11.1 Å². The van der Waals surface area contributed by atoms with Crippen molar-refractivity contribution in [1.82, 2.24) is 9.80 Å². The van der Waals surface area contributed by atoms with Gasteiger partial charge in [0.05, 0.1) is 6.04 Å². The number of likely N-dealkylation sites (tertiary alicyclic amines) is 2. The maximum Gasteiger partial charge on any atom is 0.239 e. The molecular weight excluding hydrogens is 344 g/mol. The van der Waals surface area contributed by atoms with Crippen molar-refractivity contribution in [3.8, 4) is 0 Å². The van der Waals surface area contributed by atoms with E-state index in [4.69, 9.17) is 0 Å². The second-order valence-electron chi connectivity index (χ2n) is 8.41. The van der Waals surface area contributed by atoms with Gasteiger partial charge in [-0.05, 0) is 55.2 Å². The summed E-state index contributed by atoms with van der Waals surface area (Å²) >= 11 is 0. The van der Waals surface area contributed by atoms with Crippen molar-refractivity contribution in [1.29, 1.82) is 0 Å². The smallest absolute Gasteiger partial charge is 0.239 e. The van der Waals surface area contributed by atoms with Gasteiger partial charge >= 0.3 is 0 Å². The fraction of sp³-hybridized carbons (Fsp3) is 0.480. The monoisotopic (exact) mass is 376 g/mol. The Labute approximate surface area is 169 Å². The molecule has 0 radical (unpaired) electrons. The maximum absolute atomic E-state index is 13.3. The van der Waals surface area contributed by atoms with Gasteiger partial charge < -0.3 is 4.90 Å². The Bertz CT molecular complexity index is 753. The van der Waals surface area contributed by atoms with Crippen molar-refractivity contribution in [2.75, 3.05) is 26.2 Å². The molecule has 2 aromatic rings. The molecule has 148 valence electrons. The molecule has 2 aliphatic rings. The molecule has 0 bridgehead atoms. The molecule has 1 unspecified atom stereocenters. The summed E-state index contributed by atoms with van der Waals surface area (Å²) in [6, 6.07) is 21.5. The molecule has 1 amide bonds. The molecule has 2 aromatic carbocycles. The third-order valence-corrected chi connectivity index (χ3v) is 6.66. The fourth-order valence-electron chi connectivity index (χ4n) is 4.99. The van der Waals surface area contributed by atoms with Crippen LogP contribution in [0, 0.1) is 5.92 Å². The van der Waals surface area contributed by atoms with Crippen LogP contribution in [0.2, 0.25) is 0 Å². The minimum atomic E-state index is 0.0564. The highest BCUT2D eigenvalue weighted by Crippen LogP contribution is 2.33. The largest absolute Gasteiger partial charge is 0.341 e. The third kappa shape index (κ3) is 4.30. The Balaban J connectivity index is 1.34. The molecule has 3 nitrogen and oxygen atoms in total. The van der Waals surface area contributed by atoms with E-state index in [0.717, 1.165) is 51.9 Å². The number of carbonyl (C=O) groups excluding carboxylic acids is 1. The van der Waals surface area contributed by atoms with Crippen molar-refractivity contribution < 1.29 is 4.79 Å². The number of benzene rings is 2. The molecule has 2 fully saturated rings. The van der Waals surface area contributed by atoms with Gasteiger partial charge in [0.25, 0.3) is 0 Å². The Hall–Kier alpha value is -2.13. The first-order valence-corrected chi connectivity index (χ1v) is 10.9. The van der Waals surface area contributed by atoms with E-state index in [-0.39, 0.29) is 6.04 Å². The average Bonchev–Trinajstić information content (AvgIpc) is 3.20. The molecule has 2 saturated heterocycles. The summed E-state index contributed by atoms with van der Waals surface area (Å²) in [6.45, 7) is 5.96. The van der Waals surface area contributed by atoms with Gasteiger partial charge in [-0.15, -0.1) is 0 Å². The molecule has 28 heavy (non-hydrogen) atoms. The molecule has 3 heteroatoms. The number of hydrogen-bond acceptors (Lipinski definition) is 2. The molecule has 0 aromatic heterocycles. The van der Waals surface area contributed by atoms with E-state index in [1.807, 2.05) is 0 Å². The van der Waals surface area contributed by atoms with Gasteiger partial charge in [-0.1, -0.05) is 67.6 Å². The van der Waals surface area contributed by atoms with Crippen LogP contribution in [0.5, 0.6) is 0 Å². The standard InChI is InChI=1S/C25H32N2O/c1-2-26-19-23(22-11-7-4-8-12-22)18-24(26)25(28)27-15-13-21(14-16-27)17-20-9-5-3-6-10-20/h3-12,21,23-24H,2,13-19H2,1H3/t23?,24-/m0/s1. The number of hydrogen-bond donors (Lipinski definition) is 0. The van der Waals surface area contributed by atoms with Crippen molar-refractivity contribution in [3.05, 3.63) is 71.8 Å². The lowest BCUT2D eigenvalue weighted by Crippen LogP contribution is -2.48. The first-order valence-electron chi connectivity index (χ1n) is 10.9. The SMILES string of the molecule is CCN1CC(c2ccccc2)C[C@H]1C(=O)N1CCC(Cc2ccccc2)CC1. The fourth-order valence-corrected chi connectivity index (χ4v) is 4.99. The van der Waals surface area contributed by atoms with Crippen LogP contribution in [0.3, 0.4) is 0 Å². The van der Waals surface area contributed by atoms with E-state index >= 15 is 0 Å². The van der Waals surface area contributed by atoms with E-state index in [9.17, 15) is 4.79 Å². The summed E-state index contributed by atoms with van der Waals surface area (Å²) in [6.07, 6.45) is 4.35. The number of likely N-dealkylation sites (N-methyl/N-ethyl adjacent to an activating group) is 1. The highest BCUT2D eigenvalue weighted by Gasteiger charge is 2.39. The highest BCUT2D eigenvalue weighted by molar-refractivity contribution is 5.82. The minimum Gasteiger partial charge on any atom is -0.341 e. The first kappa shape index (κ1) is 19.2. The number of amides is 1. The van der Waals surface area contributed by atoms with Crippen LogP contribution >= 0.6 is 0 Å². The highest BCUT2D eigenvalue weighted by atomic mass is 16.2. The Kier molecular flexibility index (Phi) is 6.11. The zero-order valence-electron chi connectivity index (χ0n) is 17.0. The molecule has 0 spiro atoms. The molecule has 0 saturated carbocycles. The van der Waals surface area contributed by atoms with Crippen LogP contribution in [0.25, 0.3) is 0 Å². The lowest BCUT2D eigenvalue weighted by atomic mass is 9.89. The van der Waals surface area contributed by atoms with Crippen molar-refractivity contribution in [2.45, 2.75) is 44.6 Å². The predicted molar refractivity (Wildman–Crippen MR) is 114 cm³/mol. The summed E-state index contributed by atoms with van der Waals surface area (Å²) < 4.78 is 0. The Morgan fingerprint density at radius 2 is 1.61 bits per heavy atom. The second-order valence-corrected chi connectivity index (χ2v) is 8.41. The lowest BCUT2D eigenvalue weighted by Gasteiger charge is -2.35. The van der Waals surface area contributed by atoms with Crippen LogP contribution < -0.4 is 0 Å². The summed E-state index contributed by atoms with van der Waals surface area (Å²) in [4.78, 5) is 17.8. The zero-order valence-corrected chi connectivity index (χ0v) is 17.0. The van der Waals surface area contributed by atoms with Crippen LogP contribution in [0.15, 0.2) is 60.7 Å². The quantitative estimate of drug-likeness (QED) is 0.775. The Morgan fingerprint density at radius 1 is 0.964 bits per heavy atom. The Morgan fingerprint density at radius 3 is 2.25 bits per heavy atom. The summed E-state index contributed by atoms with van der Waals surface area (Å²) in [5.41, 5.74) is 2.80. The third-order valence-electron chi connectivity index (χ3n) is 6.66. The van der Waals surface area contributed by atoms with Gasteiger partial charge in [-0.3, -0.25) is 9.69 Å². The van der Waals surface area contributed by atoms with Gasteiger partial charge in [-0.25, -0.2) is 0 Å². The van der Waals surface area contributed by atoms with E-state index < -0.39 is 0 Å². The minimum absolute atomic E-state index is 0.0564. The van der Waals surface area contributed by atoms with Crippen molar-refractivity contribution in [3.63, 3.8) is 0 Å². The molecule has 0 N–H and O–H groups in total. The summed E-state index contributed by atoms with van der Waals surface area (Å²) in [5.74, 6) is 1.54. The summed E-state index contributed by atoms with van der Waals surface area (Å²) in [5, 5.41) is 0. The van der Waals surface area contributed by atoms with Gasteiger partial charge in [0.15, 0.2) is 0 Å². The molecule has 4 rings (SSSR count). The number of rotatable bonds is 5. The van der Waals surface area contributed by atoms with E-state index in [1.54, 1.807) is 0 Å². The normalized spacial score (nSPS) is 23.8. The zero-order chi connectivity index (χ0) is 19.3. The van der Waals surface area contributed by atoms with Crippen LogP contribution in [0.1, 0.15) is 43.2 Å². The van der Waals surface area contributed by atoms with E-state index in [2.05, 4.69) is 77.4 Å². The predicted octanol–water partition coefficient (Wildman–Crippen LogP) is 4.35. The lowest BCUT2D eigenvalue weighted by molar-refractivity contribution is -0.137. The van der Waals surface area contributed by atoms with Gasteiger partial charge in [-0.2, -0.15) is 0 Å².